The molecule has 180 valence electrons. The molecule has 33 heavy (non-hydrogen) atoms. The number of thioether (sulfide) groups is 1. The van der Waals surface area contributed by atoms with Crippen LogP contribution in [0, 0.1) is 0 Å². The molecule has 3 unspecified atom stereocenters. The molecule has 10 heteroatoms. The van der Waals surface area contributed by atoms with Crippen LogP contribution >= 0.6 is 23.4 Å². The van der Waals surface area contributed by atoms with Crippen molar-refractivity contribution in [3.8, 4) is 0 Å². The Hall–Kier alpha value is -2.26. The van der Waals surface area contributed by atoms with Gasteiger partial charge in [0.25, 0.3) is 11.8 Å². The van der Waals surface area contributed by atoms with Gasteiger partial charge in [-0.15, -0.1) is 11.6 Å². The number of halogens is 2. The molecule has 7 nitrogen and oxygen atoms in total. The molecule has 2 fully saturated rings. The van der Waals surface area contributed by atoms with E-state index in [0.717, 1.165) is 17.9 Å². The lowest BCUT2D eigenvalue weighted by atomic mass is 9.97. The Morgan fingerprint density at radius 3 is 2.67 bits per heavy atom. The maximum Gasteiger partial charge on any atom is 0.272 e. The maximum atomic E-state index is 13.6. The van der Waals surface area contributed by atoms with Gasteiger partial charge in [0.05, 0.1) is 11.0 Å². The predicted octanol–water partition coefficient (Wildman–Crippen LogP) is 2.80. The summed E-state index contributed by atoms with van der Waals surface area (Å²) in [6.45, 7) is 1.87. The van der Waals surface area contributed by atoms with Crippen molar-refractivity contribution in [1.29, 1.82) is 0 Å². The highest BCUT2D eigenvalue weighted by atomic mass is 35.5. The van der Waals surface area contributed by atoms with Gasteiger partial charge in [0.1, 0.15) is 17.5 Å². The summed E-state index contributed by atoms with van der Waals surface area (Å²) >= 11 is 7.72. The molecule has 2 saturated heterocycles. The fourth-order valence-corrected chi connectivity index (χ4v) is 6.28. The Kier molecular flexibility index (Phi) is 7.63. The monoisotopic (exact) mass is 497 g/mol. The van der Waals surface area contributed by atoms with Gasteiger partial charge in [0, 0.05) is 33.4 Å². The van der Waals surface area contributed by atoms with Gasteiger partial charge in [-0.25, -0.2) is 4.39 Å². The molecule has 0 aromatic carbocycles. The van der Waals surface area contributed by atoms with Gasteiger partial charge >= 0.3 is 0 Å². The first-order chi connectivity index (χ1) is 15.6. The molecule has 0 radical (unpaired) electrons. The van der Waals surface area contributed by atoms with E-state index in [9.17, 15) is 23.9 Å². The summed E-state index contributed by atoms with van der Waals surface area (Å²) in [5.41, 5.74) is 0.561. The first kappa shape index (κ1) is 25.4. The third-order valence-electron chi connectivity index (χ3n) is 6.53. The van der Waals surface area contributed by atoms with Crippen LogP contribution in [0.5, 0.6) is 0 Å². The molecule has 3 aliphatic rings. The predicted molar refractivity (Wildman–Crippen MR) is 128 cm³/mol. The molecular formula is C23H29ClFN3O4S. The summed E-state index contributed by atoms with van der Waals surface area (Å²) in [6.07, 6.45) is 4.35. The number of hydrogen-bond donors (Lipinski definition) is 1. The van der Waals surface area contributed by atoms with Crippen molar-refractivity contribution >= 4 is 41.5 Å². The van der Waals surface area contributed by atoms with E-state index in [-0.39, 0.29) is 30.7 Å². The van der Waals surface area contributed by atoms with Gasteiger partial charge in [0.2, 0.25) is 0 Å². The van der Waals surface area contributed by atoms with Crippen molar-refractivity contribution in [2.24, 2.45) is 0 Å². The lowest BCUT2D eigenvalue weighted by molar-refractivity contribution is -0.127. The van der Waals surface area contributed by atoms with Crippen LogP contribution in [0.15, 0.2) is 46.4 Å². The highest BCUT2D eigenvalue weighted by molar-refractivity contribution is 7.99. The van der Waals surface area contributed by atoms with Crippen molar-refractivity contribution < 1.29 is 23.9 Å². The number of aldehydes is 1. The second-order valence-corrected chi connectivity index (χ2v) is 10.0. The number of allylic oxidation sites excluding steroid dienone is 3. The van der Waals surface area contributed by atoms with Crippen LogP contribution in [-0.2, 0) is 14.4 Å². The lowest BCUT2D eigenvalue weighted by Gasteiger charge is -2.37. The number of hydrogen-bond acceptors (Lipinski definition) is 6. The second-order valence-electron chi connectivity index (χ2n) is 8.42. The largest absolute Gasteiger partial charge is 0.504 e. The molecule has 2 heterocycles. The molecule has 1 aliphatic carbocycles. The van der Waals surface area contributed by atoms with Crippen LogP contribution < -0.4 is 0 Å². The first-order valence-corrected chi connectivity index (χ1v) is 12.3. The molecule has 1 N–H and O–H groups in total. The van der Waals surface area contributed by atoms with Crippen LogP contribution in [0.1, 0.15) is 19.8 Å². The minimum Gasteiger partial charge on any atom is -0.504 e. The summed E-state index contributed by atoms with van der Waals surface area (Å²) in [4.78, 5) is 43.2. The van der Waals surface area contributed by atoms with E-state index < -0.39 is 28.9 Å². The van der Waals surface area contributed by atoms with Gasteiger partial charge in [0.15, 0.2) is 12.0 Å². The molecule has 0 aromatic rings. The molecule has 3 atom stereocenters. The summed E-state index contributed by atoms with van der Waals surface area (Å²) < 4.78 is 13.6. The molecular weight excluding hydrogens is 469 g/mol. The Bertz CT molecular complexity index is 971. The van der Waals surface area contributed by atoms with Gasteiger partial charge in [-0.05, 0) is 35.8 Å². The quantitative estimate of drug-likeness (QED) is 0.263. The van der Waals surface area contributed by atoms with E-state index in [2.05, 4.69) is 0 Å². The highest BCUT2D eigenvalue weighted by Crippen LogP contribution is 2.44. The third-order valence-corrected chi connectivity index (χ3v) is 8.06. The second kappa shape index (κ2) is 9.93. The normalized spacial score (nSPS) is 29.4. The Balaban J connectivity index is 2.01. The molecule has 0 bridgehead atoms. The Morgan fingerprint density at radius 1 is 1.42 bits per heavy atom. The number of aliphatic hydroxyl groups excluding tert-OH is 1. The summed E-state index contributed by atoms with van der Waals surface area (Å²) in [5, 5.41) is 9.63. The number of likely N-dealkylation sites (N-methyl/N-ethyl adjacent to an activating group) is 3. The molecule has 3 rings (SSSR count). The van der Waals surface area contributed by atoms with Crippen LogP contribution in [0.4, 0.5) is 4.39 Å². The van der Waals surface area contributed by atoms with E-state index in [0.29, 0.717) is 16.8 Å². The first-order valence-electron chi connectivity index (χ1n) is 10.7. The van der Waals surface area contributed by atoms with Crippen LogP contribution in [0.2, 0.25) is 0 Å². The van der Waals surface area contributed by atoms with Gasteiger partial charge < -0.3 is 19.8 Å². The van der Waals surface area contributed by atoms with E-state index in [4.69, 9.17) is 11.6 Å². The number of nitrogens with zero attached hydrogens (tertiary/aromatic N) is 3. The fourth-order valence-electron chi connectivity index (χ4n) is 4.56. The Morgan fingerprint density at radius 2 is 2.12 bits per heavy atom. The maximum absolute atomic E-state index is 13.6. The molecule has 2 amide bonds. The summed E-state index contributed by atoms with van der Waals surface area (Å²) in [7, 11) is 5.07. The SMILES string of the molecule is CCC(/C(C(=O)N(C)CC1=CC(Cl)C(F)C=C1)=C(/O)C=O)=C1\C(=O)N(C)C2(CCSC2)N1C. The summed E-state index contributed by atoms with van der Waals surface area (Å²) in [6, 6.07) is 0. The van der Waals surface area contributed by atoms with E-state index >= 15 is 0 Å². The summed E-state index contributed by atoms with van der Waals surface area (Å²) in [5.74, 6) is 0.0469. The van der Waals surface area contributed by atoms with Crippen LogP contribution in [0.25, 0.3) is 0 Å². The average molecular weight is 498 g/mol. The number of amides is 2. The highest BCUT2D eigenvalue weighted by Gasteiger charge is 2.53. The van der Waals surface area contributed by atoms with Crippen molar-refractivity contribution in [3.05, 3.63) is 46.4 Å². The molecule has 0 saturated carbocycles. The third kappa shape index (κ3) is 4.45. The zero-order chi connectivity index (χ0) is 24.5. The standard InChI is InChI=1S/C23H29ClFN3O4S/c1-5-15(20-22(32)28(4)23(27(20)3)8-9-33-13-23)19(18(30)12-29)21(31)26(2)11-14-6-7-17(25)16(24)10-14/h6-7,10,12,16-17,30H,5,8-9,11,13H2,1-4H3/b19-18-,20-15-. The van der Waals surface area contributed by atoms with Crippen molar-refractivity contribution in [3.63, 3.8) is 0 Å². The number of aliphatic hydroxyl groups is 1. The van der Waals surface area contributed by atoms with E-state index in [1.807, 2.05) is 11.9 Å². The number of carbonyl (C=O) groups is 3. The zero-order valence-electron chi connectivity index (χ0n) is 19.2. The van der Waals surface area contributed by atoms with Gasteiger partial charge in [-0.2, -0.15) is 11.8 Å². The van der Waals surface area contributed by atoms with Crippen LogP contribution in [-0.4, -0.2) is 94.3 Å². The molecule has 2 aliphatic heterocycles. The number of carbonyl (C=O) groups excluding carboxylic acids is 3. The Labute approximate surface area is 202 Å². The van der Waals surface area contributed by atoms with Gasteiger partial charge in [-0.1, -0.05) is 19.1 Å². The van der Waals surface area contributed by atoms with Crippen LogP contribution in [0.3, 0.4) is 0 Å². The van der Waals surface area contributed by atoms with E-state index in [1.54, 1.807) is 36.7 Å². The van der Waals surface area contributed by atoms with Crippen molar-refractivity contribution in [2.75, 3.05) is 39.2 Å². The minimum atomic E-state index is -1.30. The topological polar surface area (TPSA) is 81.2 Å². The van der Waals surface area contributed by atoms with E-state index in [1.165, 1.54) is 24.1 Å². The molecule has 1 spiro atoms. The smallest absolute Gasteiger partial charge is 0.272 e. The minimum absolute atomic E-state index is 0.0947. The van der Waals surface area contributed by atoms with Crippen molar-refractivity contribution in [2.45, 2.75) is 37.0 Å². The van der Waals surface area contributed by atoms with Gasteiger partial charge in [-0.3, -0.25) is 14.4 Å². The fraction of sp³-hybridized carbons (Fsp3) is 0.522. The molecule has 0 aromatic heterocycles. The zero-order valence-corrected chi connectivity index (χ0v) is 20.7. The number of rotatable bonds is 6. The average Bonchev–Trinajstić information content (AvgIpc) is 3.36. The van der Waals surface area contributed by atoms with Crippen molar-refractivity contribution in [1.82, 2.24) is 14.7 Å². The number of alkyl halides is 2. The lowest BCUT2D eigenvalue weighted by Crippen LogP contribution is -2.51.